The number of hydrogen-bond donors (Lipinski definition) is 2. The number of thioether (sulfide) groups is 1. The lowest BCUT2D eigenvalue weighted by atomic mass is 10.1. The molecule has 0 saturated carbocycles. The van der Waals surface area contributed by atoms with Crippen LogP contribution in [-0.2, 0) is 15.8 Å². The third-order valence-electron chi connectivity index (χ3n) is 4.63. The number of phenols is 1. The second-order valence-electron chi connectivity index (χ2n) is 6.96. The topological polar surface area (TPSA) is 78.9 Å². The van der Waals surface area contributed by atoms with Gasteiger partial charge in [-0.1, -0.05) is 36.1 Å². The molecule has 1 aliphatic rings. The molecule has 0 bridgehead atoms. The number of carbonyl (C=O) groups is 2. The fourth-order valence-electron chi connectivity index (χ4n) is 2.99. The molecule has 1 unspecified atom stereocenters. The average molecular weight is 497 g/mol. The first kappa shape index (κ1) is 24.6. The summed E-state index contributed by atoms with van der Waals surface area (Å²) in [5.74, 6) is -0.977. The van der Waals surface area contributed by atoms with Crippen LogP contribution in [-0.4, -0.2) is 38.8 Å². The van der Waals surface area contributed by atoms with E-state index in [1.807, 2.05) is 0 Å². The fraction of sp³-hybridized carbons (Fsp3) is 0.227. The maximum Gasteiger partial charge on any atom is 0.416 e. The average Bonchev–Trinajstić information content (AvgIpc) is 3.02. The minimum absolute atomic E-state index is 0.0403. The van der Waals surface area contributed by atoms with Crippen molar-refractivity contribution in [2.24, 2.45) is 0 Å². The van der Waals surface area contributed by atoms with Crippen molar-refractivity contribution in [1.29, 1.82) is 0 Å². The number of amides is 2. The lowest BCUT2D eigenvalue weighted by Crippen LogP contribution is -2.44. The number of aromatic hydroxyl groups is 1. The van der Waals surface area contributed by atoms with Crippen LogP contribution in [0.15, 0.2) is 47.4 Å². The van der Waals surface area contributed by atoms with Crippen LogP contribution < -0.4 is 10.1 Å². The monoisotopic (exact) mass is 496 g/mol. The highest BCUT2D eigenvalue weighted by Gasteiger charge is 2.38. The summed E-state index contributed by atoms with van der Waals surface area (Å²) in [6.07, 6.45) is -3.00. The lowest BCUT2D eigenvalue weighted by Gasteiger charge is -2.22. The molecule has 33 heavy (non-hydrogen) atoms. The second kappa shape index (κ2) is 9.84. The minimum atomic E-state index is -4.55. The Morgan fingerprint density at radius 1 is 1.30 bits per heavy atom. The Morgan fingerprint density at radius 2 is 2.03 bits per heavy atom. The van der Waals surface area contributed by atoms with Gasteiger partial charge in [0.1, 0.15) is 10.4 Å². The number of nitrogens with one attached hydrogen (secondary N) is 1. The van der Waals surface area contributed by atoms with Crippen LogP contribution in [0.2, 0.25) is 0 Å². The van der Waals surface area contributed by atoms with Gasteiger partial charge in [0.15, 0.2) is 11.5 Å². The minimum Gasteiger partial charge on any atom is -0.504 e. The number of anilines is 1. The molecule has 6 nitrogen and oxygen atoms in total. The number of nitrogens with zero attached hydrogens (tertiary/aromatic N) is 1. The molecule has 1 fully saturated rings. The van der Waals surface area contributed by atoms with Crippen molar-refractivity contribution in [1.82, 2.24) is 4.90 Å². The Labute approximate surface area is 197 Å². The van der Waals surface area contributed by atoms with Gasteiger partial charge in [0.25, 0.3) is 5.91 Å². The van der Waals surface area contributed by atoms with Gasteiger partial charge in [0.05, 0.1) is 17.1 Å². The van der Waals surface area contributed by atoms with Crippen LogP contribution in [0.25, 0.3) is 6.08 Å². The Morgan fingerprint density at radius 3 is 2.70 bits per heavy atom. The van der Waals surface area contributed by atoms with E-state index in [0.717, 1.165) is 28.8 Å². The van der Waals surface area contributed by atoms with E-state index < -0.39 is 29.6 Å². The van der Waals surface area contributed by atoms with E-state index in [1.54, 1.807) is 25.1 Å². The van der Waals surface area contributed by atoms with E-state index in [2.05, 4.69) is 5.32 Å². The standard InChI is InChI=1S/C22H19F3N2O4S2/c1-3-31-17-9-13(7-8-16(17)28)10-18-20(30)27(21(32)33-18)12(2)19(29)26-15-6-4-5-14(11-15)22(23,24)25/h4-12,28H,3H2,1-2H3,(H,26,29)/b18-10-. The van der Waals surface area contributed by atoms with Gasteiger partial charge in [-0.3, -0.25) is 14.5 Å². The van der Waals surface area contributed by atoms with Crippen molar-refractivity contribution in [3.8, 4) is 11.5 Å². The first-order chi connectivity index (χ1) is 15.5. The van der Waals surface area contributed by atoms with Gasteiger partial charge in [-0.2, -0.15) is 13.2 Å². The van der Waals surface area contributed by atoms with E-state index in [0.29, 0.717) is 12.2 Å². The summed E-state index contributed by atoms with van der Waals surface area (Å²) in [6.45, 7) is 3.55. The number of thiocarbonyl (C=S) groups is 1. The highest BCUT2D eigenvalue weighted by atomic mass is 32.2. The van der Waals surface area contributed by atoms with Crippen molar-refractivity contribution in [3.05, 3.63) is 58.5 Å². The van der Waals surface area contributed by atoms with Crippen molar-refractivity contribution in [2.45, 2.75) is 26.1 Å². The number of hydrogen-bond acceptors (Lipinski definition) is 6. The van der Waals surface area contributed by atoms with Gasteiger partial charge in [0.2, 0.25) is 5.91 Å². The van der Waals surface area contributed by atoms with E-state index >= 15 is 0 Å². The Hall–Kier alpha value is -3.05. The molecule has 2 amide bonds. The molecule has 0 spiro atoms. The Kier molecular flexibility index (Phi) is 7.33. The third kappa shape index (κ3) is 5.66. The molecular formula is C22H19F3N2O4S2. The molecule has 0 aliphatic carbocycles. The van der Waals surface area contributed by atoms with Gasteiger partial charge in [0, 0.05) is 5.69 Å². The third-order valence-corrected chi connectivity index (χ3v) is 5.96. The Bertz CT molecular complexity index is 1130. The zero-order valence-electron chi connectivity index (χ0n) is 17.5. The number of rotatable bonds is 6. The fourth-order valence-corrected chi connectivity index (χ4v) is 4.41. The van der Waals surface area contributed by atoms with Crippen LogP contribution in [0, 0.1) is 0 Å². The predicted octanol–water partition coefficient (Wildman–Crippen LogP) is 5.04. The van der Waals surface area contributed by atoms with Crippen LogP contribution in [0.3, 0.4) is 0 Å². The van der Waals surface area contributed by atoms with Crippen molar-refractivity contribution in [2.75, 3.05) is 11.9 Å². The summed E-state index contributed by atoms with van der Waals surface area (Å²) in [7, 11) is 0. The normalized spacial score (nSPS) is 16.3. The lowest BCUT2D eigenvalue weighted by molar-refractivity contribution is -0.137. The smallest absolute Gasteiger partial charge is 0.416 e. The quantitative estimate of drug-likeness (QED) is 0.431. The van der Waals surface area contributed by atoms with Gasteiger partial charge in [-0.25, -0.2) is 0 Å². The second-order valence-corrected chi connectivity index (χ2v) is 8.63. The number of benzene rings is 2. The molecule has 2 N–H and O–H groups in total. The molecule has 1 atom stereocenters. The predicted molar refractivity (Wildman–Crippen MR) is 124 cm³/mol. The molecular weight excluding hydrogens is 477 g/mol. The van der Waals surface area contributed by atoms with Crippen molar-refractivity contribution in [3.63, 3.8) is 0 Å². The number of halogens is 3. The van der Waals surface area contributed by atoms with Crippen LogP contribution in [0.5, 0.6) is 11.5 Å². The van der Waals surface area contributed by atoms with Crippen molar-refractivity contribution < 1.29 is 32.6 Å². The first-order valence-electron chi connectivity index (χ1n) is 9.72. The van der Waals surface area contributed by atoms with Crippen LogP contribution in [0.1, 0.15) is 25.0 Å². The molecule has 11 heteroatoms. The summed E-state index contributed by atoms with van der Waals surface area (Å²) in [4.78, 5) is 26.9. The van der Waals surface area contributed by atoms with E-state index in [4.69, 9.17) is 17.0 Å². The van der Waals surface area contributed by atoms with Crippen molar-refractivity contribution >= 4 is 51.9 Å². The number of carbonyl (C=O) groups excluding carboxylic acids is 2. The zero-order chi connectivity index (χ0) is 24.3. The van der Waals surface area contributed by atoms with E-state index in [1.165, 1.54) is 25.1 Å². The van der Waals surface area contributed by atoms with E-state index in [-0.39, 0.29) is 26.4 Å². The summed E-state index contributed by atoms with van der Waals surface area (Å²) in [6, 6.07) is 7.75. The maximum absolute atomic E-state index is 12.9. The number of phenolic OH excluding ortho intramolecular Hbond substituents is 1. The van der Waals surface area contributed by atoms with Crippen LogP contribution in [0.4, 0.5) is 18.9 Å². The summed E-state index contributed by atoms with van der Waals surface area (Å²) < 4.78 is 44.2. The molecule has 0 radical (unpaired) electrons. The summed E-state index contributed by atoms with van der Waals surface area (Å²) in [5, 5.41) is 12.2. The number of ether oxygens (including phenoxy) is 1. The molecule has 2 aromatic carbocycles. The molecule has 1 aliphatic heterocycles. The largest absolute Gasteiger partial charge is 0.504 e. The first-order valence-corrected chi connectivity index (χ1v) is 10.9. The zero-order valence-corrected chi connectivity index (χ0v) is 19.1. The molecule has 0 aromatic heterocycles. The van der Waals surface area contributed by atoms with Gasteiger partial charge in [-0.05, 0) is 55.8 Å². The van der Waals surface area contributed by atoms with Gasteiger partial charge >= 0.3 is 6.18 Å². The molecule has 3 rings (SSSR count). The summed E-state index contributed by atoms with van der Waals surface area (Å²) >= 11 is 6.26. The molecule has 1 saturated heterocycles. The summed E-state index contributed by atoms with van der Waals surface area (Å²) in [5.41, 5.74) is -0.366. The SMILES string of the molecule is CCOc1cc(/C=C2\SC(=S)N(C(C)C(=O)Nc3cccc(C(F)(F)F)c3)C2=O)ccc1O. The molecule has 174 valence electrons. The highest BCUT2D eigenvalue weighted by molar-refractivity contribution is 8.26. The van der Waals surface area contributed by atoms with E-state index in [9.17, 15) is 27.9 Å². The molecule has 1 heterocycles. The molecule has 2 aromatic rings. The Balaban J connectivity index is 1.77. The van der Waals surface area contributed by atoms with Gasteiger partial charge in [-0.15, -0.1) is 0 Å². The highest BCUT2D eigenvalue weighted by Crippen LogP contribution is 2.36. The van der Waals surface area contributed by atoms with Gasteiger partial charge < -0.3 is 15.2 Å². The van der Waals surface area contributed by atoms with Crippen LogP contribution >= 0.6 is 24.0 Å². The maximum atomic E-state index is 12.9. The number of alkyl halides is 3.